The summed E-state index contributed by atoms with van der Waals surface area (Å²) in [6, 6.07) is 11.8. The molecule has 1 aliphatic carbocycles. The number of para-hydroxylation sites is 1. The van der Waals surface area contributed by atoms with Crippen molar-refractivity contribution in [1.29, 1.82) is 0 Å². The van der Waals surface area contributed by atoms with E-state index in [2.05, 4.69) is 5.32 Å². The molecule has 0 saturated heterocycles. The predicted molar refractivity (Wildman–Crippen MR) is 95.7 cm³/mol. The Hall–Kier alpha value is -2.44. The predicted octanol–water partition coefficient (Wildman–Crippen LogP) is 3.10. The fourth-order valence-electron chi connectivity index (χ4n) is 3.22. The molecule has 1 atom stereocenters. The van der Waals surface area contributed by atoms with Crippen LogP contribution in [-0.4, -0.2) is 17.1 Å². The molecule has 0 unspecified atom stereocenters. The van der Waals surface area contributed by atoms with Crippen molar-refractivity contribution in [1.82, 2.24) is 5.32 Å². The number of amides is 1. The van der Waals surface area contributed by atoms with Crippen LogP contribution in [0.15, 0.2) is 57.1 Å². The number of hydrogen-bond donors (Lipinski definition) is 2. The first-order valence-electron chi connectivity index (χ1n) is 8.17. The van der Waals surface area contributed by atoms with Gasteiger partial charge in [-0.1, -0.05) is 18.2 Å². The number of thiophene rings is 1. The minimum absolute atomic E-state index is 0.00475. The van der Waals surface area contributed by atoms with Crippen LogP contribution in [0.3, 0.4) is 0 Å². The third-order valence-electron chi connectivity index (χ3n) is 4.62. The molecule has 6 heteroatoms. The summed E-state index contributed by atoms with van der Waals surface area (Å²) in [5.74, 6) is -0.224. The normalized spacial score (nSPS) is 20.8. The Morgan fingerprint density at radius 1 is 1.24 bits per heavy atom. The zero-order chi connectivity index (χ0) is 17.4. The van der Waals surface area contributed by atoms with Gasteiger partial charge < -0.3 is 14.8 Å². The highest BCUT2D eigenvalue weighted by Gasteiger charge is 2.36. The zero-order valence-electron chi connectivity index (χ0n) is 13.3. The number of rotatable bonds is 4. The number of nitrogens with one attached hydrogen (secondary N) is 1. The zero-order valence-corrected chi connectivity index (χ0v) is 14.2. The quantitative estimate of drug-likeness (QED) is 0.754. The maximum Gasteiger partial charge on any atom is 0.287 e. The summed E-state index contributed by atoms with van der Waals surface area (Å²) in [7, 11) is 0. The molecule has 25 heavy (non-hydrogen) atoms. The summed E-state index contributed by atoms with van der Waals surface area (Å²) in [5.41, 5.74) is 0.158. The summed E-state index contributed by atoms with van der Waals surface area (Å²) in [4.78, 5) is 25.9. The SMILES string of the molecule is O=C(N[C@@H](c1cccs1)C1CC(O)C1)c1cc(=O)c2ccccc2o1. The molecule has 128 valence electrons. The van der Waals surface area contributed by atoms with Crippen molar-refractivity contribution < 1.29 is 14.3 Å². The molecule has 1 aromatic carbocycles. The van der Waals surface area contributed by atoms with E-state index in [1.165, 1.54) is 6.07 Å². The molecule has 2 heterocycles. The van der Waals surface area contributed by atoms with Gasteiger partial charge in [0.1, 0.15) is 5.58 Å². The van der Waals surface area contributed by atoms with Crippen LogP contribution in [0.4, 0.5) is 0 Å². The number of carbonyl (C=O) groups excluding carboxylic acids is 1. The molecule has 0 aliphatic heterocycles. The Balaban J connectivity index is 1.62. The minimum Gasteiger partial charge on any atom is -0.451 e. The number of benzene rings is 1. The first-order chi connectivity index (χ1) is 12.1. The lowest BCUT2D eigenvalue weighted by atomic mass is 9.76. The first kappa shape index (κ1) is 16.1. The Morgan fingerprint density at radius 2 is 2.04 bits per heavy atom. The fourth-order valence-corrected chi connectivity index (χ4v) is 4.09. The second-order valence-electron chi connectivity index (χ2n) is 6.32. The van der Waals surface area contributed by atoms with E-state index in [-0.39, 0.29) is 29.3 Å². The van der Waals surface area contributed by atoms with Crippen LogP contribution in [-0.2, 0) is 0 Å². The molecule has 0 bridgehead atoms. The van der Waals surface area contributed by atoms with Gasteiger partial charge in [0, 0.05) is 10.9 Å². The largest absolute Gasteiger partial charge is 0.451 e. The third kappa shape index (κ3) is 3.10. The van der Waals surface area contributed by atoms with E-state index in [0.717, 1.165) is 4.88 Å². The Kier molecular flexibility index (Phi) is 4.15. The van der Waals surface area contributed by atoms with Gasteiger partial charge in [-0.05, 0) is 42.3 Å². The van der Waals surface area contributed by atoms with Gasteiger partial charge in [-0.25, -0.2) is 0 Å². The number of carbonyl (C=O) groups is 1. The van der Waals surface area contributed by atoms with Crippen LogP contribution in [0.2, 0.25) is 0 Å². The fraction of sp³-hybridized carbons (Fsp3) is 0.263. The second kappa shape index (κ2) is 6.46. The summed E-state index contributed by atoms with van der Waals surface area (Å²) >= 11 is 1.56. The van der Waals surface area contributed by atoms with Crippen LogP contribution >= 0.6 is 11.3 Å². The minimum atomic E-state index is -0.414. The highest BCUT2D eigenvalue weighted by atomic mass is 32.1. The van der Waals surface area contributed by atoms with Gasteiger partial charge in [0.05, 0.1) is 17.5 Å². The second-order valence-corrected chi connectivity index (χ2v) is 7.30. The standard InChI is InChI=1S/C19H17NO4S/c21-12-8-11(9-12)18(17-6-3-7-25-17)20-19(23)16-10-14(22)13-4-1-2-5-15(13)24-16/h1-7,10-12,18,21H,8-9H2,(H,20,23)/t11?,12?,18-/m1/s1. The summed E-state index contributed by atoms with van der Waals surface area (Å²) in [6.07, 6.45) is 1.01. The number of aliphatic hydroxyl groups is 1. The van der Waals surface area contributed by atoms with Gasteiger partial charge in [0.2, 0.25) is 0 Å². The van der Waals surface area contributed by atoms with E-state index in [1.807, 2.05) is 17.5 Å². The van der Waals surface area contributed by atoms with Crippen LogP contribution in [0, 0.1) is 5.92 Å². The monoisotopic (exact) mass is 355 g/mol. The molecule has 1 saturated carbocycles. The van der Waals surface area contributed by atoms with E-state index in [0.29, 0.717) is 23.8 Å². The molecular formula is C19H17NO4S. The van der Waals surface area contributed by atoms with Gasteiger partial charge >= 0.3 is 0 Å². The molecule has 1 aliphatic rings. The van der Waals surface area contributed by atoms with Crippen molar-refractivity contribution in [3.63, 3.8) is 0 Å². The average Bonchev–Trinajstić information content (AvgIpc) is 3.11. The summed E-state index contributed by atoms with van der Waals surface area (Å²) in [5, 5.41) is 15.0. The lowest BCUT2D eigenvalue weighted by Crippen LogP contribution is -2.41. The van der Waals surface area contributed by atoms with E-state index in [9.17, 15) is 14.7 Å². The molecule has 1 amide bonds. The first-order valence-corrected chi connectivity index (χ1v) is 9.05. The number of aliphatic hydroxyl groups excluding tert-OH is 1. The molecule has 5 nitrogen and oxygen atoms in total. The lowest BCUT2D eigenvalue weighted by Gasteiger charge is -2.37. The van der Waals surface area contributed by atoms with Crippen molar-refractivity contribution >= 4 is 28.2 Å². The molecular weight excluding hydrogens is 338 g/mol. The van der Waals surface area contributed by atoms with E-state index in [1.54, 1.807) is 35.6 Å². The van der Waals surface area contributed by atoms with Crippen LogP contribution in [0.1, 0.15) is 34.3 Å². The van der Waals surface area contributed by atoms with Gasteiger partial charge in [-0.3, -0.25) is 9.59 Å². The van der Waals surface area contributed by atoms with E-state index >= 15 is 0 Å². The number of fused-ring (bicyclic) bond motifs is 1. The van der Waals surface area contributed by atoms with Gasteiger partial charge in [0.25, 0.3) is 5.91 Å². The van der Waals surface area contributed by atoms with Crippen molar-refractivity contribution in [2.75, 3.05) is 0 Å². The molecule has 1 fully saturated rings. The maximum absolute atomic E-state index is 12.7. The Morgan fingerprint density at radius 3 is 2.76 bits per heavy atom. The van der Waals surface area contributed by atoms with E-state index < -0.39 is 5.91 Å². The molecule has 0 radical (unpaired) electrons. The Labute approximate surface area is 147 Å². The lowest BCUT2D eigenvalue weighted by molar-refractivity contribution is 0.0238. The summed E-state index contributed by atoms with van der Waals surface area (Å²) in [6.45, 7) is 0. The summed E-state index contributed by atoms with van der Waals surface area (Å²) < 4.78 is 5.62. The van der Waals surface area contributed by atoms with Gasteiger partial charge in [-0.15, -0.1) is 11.3 Å². The van der Waals surface area contributed by atoms with Gasteiger partial charge in [0.15, 0.2) is 11.2 Å². The molecule has 4 rings (SSSR count). The average molecular weight is 355 g/mol. The van der Waals surface area contributed by atoms with Gasteiger partial charge in [-0.2, -0.15) is 0 Å². The van der Waals surface area contributed by atoms with Crippen LogP contribution in [0.25, 0.3) is 11.0 Å². The van der Waals surface area contributed by atoms with E-state index in [4.69, 9.17) is 4.42 Å². The third-order valence-corrected chi connectivity index (χ3v) is 5.57. The smallest absolute Gasteiger partial charge is 0.287 e. The van der Waals surface area contributed by atoms with Crippen molar-refractivity contribution in [3.05, 3.63) is 68.7 Å². The van der Waals surface area contributed by atoms with Crippen molar-refractivity contribution in [3.8, 4) is 0 Å². The topological polar surface area (TPSA) is 79.5 Å². The van der Waals surface area contributed by atoms with Crippen molar-refractivity contribution in [2.24, 2.45) is 5.92 Å². The molecule has 3 aromatic rings. The molecule has 2 aromatic heterocycles. The highest BCUT2D eigenvalue weighted by Crippen LogP contribution is 2.39. The molecule has 2 N–H and O–H groups in total. The van der Waals surface area contributed by atoms with Crippen LogP contribution < -0.4 is 10.7 Å². The highest BCUT2D eigenvalue weighted by molar-refractivity contribution is 7.10. The number of hydrogen-bond acceptors (Lipinski definition) is 5. The Bertz CT molecular complexity index is 957. The maximum atomic E-state index is 12.7. The van der Waals surface area contributed by atoms with Crippen molar-refractivity contribution in [2.45, 2.75) is 25.0 Å². The van der Waals surface area contributed by atoms with Crippen LogP contribution in [0.5, 0.6) is 0 Å². The molecule has 0 spiro atoms.